The molecule has 0 aliphatic carbocycles. The van der Waals surface area contributed by atoms with Gasteiger partial charge in [-0.15, -0.1) is 12.4 Å². The highest BCUT2D eigenvalue weighted by Crippen LogP contribution is 2.35. The maximum atomic E-state index is 5.03. The summed E-state index contributed by atoms with van der Waals surface area (Å²) in [5.41, 5.74) is 6.61. The first-order chi connectivity index (χ1) is 19.7. The van der Waals surface area contributed by atoms with Crippen molar-refractivity contribution in [3.8, 4) is 0 Å². The summed E-state index contributed by atoms with van der Waals surface area (Å²) in [5, 5.41) is 12.2. The first-order valence-electron chi connectivity index (χ1n) is 15.7. The number of rotatable bonds is 10. The van der Waals surface area contributed by atoms with Gasteiger partial charge in [-0.2, -0.15) is 0 Å². The van der Waals surface area contributed by atoms with E-state index >= 15 is 0 Å². The van der Waals surface area contributed by atoms with Crippen molar-refractivity contribution < 1.29 is 0 Å². The van der Waals surface area contributed by atoms with E-state index in [1.165, 1.54) is 111 Å². The number of aryl methyl sites for hydroxylation is 2. The summed E-state index contributed by atoms with van der Waals surface area (Å²) in [6.07, 6.45) is 10.5. The van der Waals surface area contributed by atoms with Crippen LogP contribution in [-0.4, -0.2) is 72.1 Å². The van der Waals surface area contributed by atoms with Crippen molar-refractivity contribution in [3.05, 3.63) is 47.8 Å². The molecule has 6 rings (SSSR count). The number of aromatic nitrogens is 2. The monoisotopic (exact) mass is 574 g/mol. The average molecular weight is 575 g/mol. The highest BCUT2D eigenvalue weighted by Gasteiger charge is 2.14. The molecule has 2 aliphatic heterocycles. The van der Waals surface area contributed by atoms with Gasteiger partial charge in [-0.25, -0.2) is 0 Å². The fourth-order valence-electron chi connectivity index (χ4n) is 6.75. The molecule has 0 amide bonds. The third kappa shape index (κ3) is 7.04. The Hall–Kier alpha value is -2.67. The lowest BCUT2D eigenvalue weighted by molar-refractivity contribution is 0.228. The third-order valence-corrected chi connectivity index (χ3v) is 8.84. The number of piperidine rings is 2. The van der Waals surface area contributed by atoms with Gasteiger partial charge in [0.2, 0.25) is 0 Å². The normalized spacial score (nSPS) is 16.7. The number of anilines is 2. The quantitative estimate of drug-likeness (QED) is 0.151. The Balaban J connectivity index is 0.00000337. The summed E-state index contributed by atoms with van der Waals surface area (Å²) < 4.78 is 0. The lowest BCUT2D eigenvalue weighted by Crippen LogP contribution is -2.31. The van der Waals surface area contributed by atoms with Crippen LogP contribution in [0.1, 0.15) is 62.8 Å². The minimum atomic E-state index is 0. The molecule has 0 radical (unpaired) electrons. The maximum Gasteiger partial charge on any atom is 0.0805 e. The summed E-state index contributed by atoms with van der Waals surface area (Å²) in [5.74, 6) is 0. The van der Waals surface area contributed by atoms with Crippen LogP contribution in [0.25, 0.3) is 32.6 Å². The smallest absolute Gasteiger partial charge is 0.0805 e. The van der Waals surface area contributed by atoms with E-state index in [2.05, 4.69) is 70.7 Å². The molecule has 0 bridgehead atoms. The fourth-order valence-corrected chi connectivity index (χ4v) is 6.75. The van der Waals surface area contributed by atoms with Gasteiger partial charge in [0, 0.05) is 57.4 Å². The van der Waals surface area contributed by atoms with Crippen LogP contribution in [0.4, 0.5) is 11.4 Å². The van der Waals surface area contributed by atoms with Crippen LogP contribution < -0.4 is 10.6 Å². The fraction of sp³-hybridized carbons (Fsp3) is 0.529. The summed E-state index contributed by atoms with van der Waals surface area (Å²) in [6.45, 7) is 13.6. The standard InChI is InChI=1S/C34H46N6.ClH/c1-25-23-31(35-15-9-21-39-17-5-3-6-18-39)29-13-12-28-27(33(29)37-25)11-14-30-32(24-26(2)38-34(28)30)36-16-10-22-40-19-7-4-8-20-40;/h11-14,23-24H,3-10,15-22H2,1-2H3,(H,35,37)(H,36,38);1H. The van der Waals surface area contributed by atoms with E-state index < -0.39 is 0 Å². The van der Waals surface area contributed by atoms with E-state index in [-0.39, 0.29) is 12.4 Å². The van der Waals surface area contributed by atoms with Gasteiger partial charge < -0.3 is 20.4 Å². The highest BCUT2D eigenvalue weighted by molar-refractivity contribution is 6.18. The highest BCUT2D eigenvalue weighted by atomic mass is 35.5. The van der Waals surface area contributed by atoms with Gasteiger partial charge >= 0.3 is 0 Å². The Labute approximate surface area is 251 Å². The molecule has 2 aromatic carbocycles. The Morgan fingerprint density at radius 2 is 0.976 bits per heavy atom. The number of nitrogens with one attached hydrogen (secondary N) is 2. The molecule has 2 aliphatic rings. The maximum absolute atomic E-state index is 5.03. The van der Waals surface area contributed by atoms with Crippen molar-refractivity contribution in [2.45, 2.75) is 65.2 Å². The van der Waals surface area contributed by atoms with Crippen LogP contribution >= 0.6 is 12.4 Å². The molecule has 7 heteroatoms. The predicted molar refractivity (Wildman–Crippen MR) is 178 cm³/mol. The molecule has 41 heavy (non-hydrogen) atoms. The SMILES string of the molecule is Cc1cc(NCCCN2CCCCC2)c2ccc3c(ccc4c(NCCCN5CCCCC5)cc(C)nc43)c2n1.Cl. The van der Waals surface area contributed by atoms with Crippen molar-refractivity contribution in [2.24, 2.45) is 0 Å². The Morgan fingerprint density at radius 1 is 0.585 bits per heavy atom. The summed E-state index contributed by atoms with van der Waals surface area (Å²) >= 11 is 0. The molecule has 220 valence electrons. The third-order valence-electron chi connectivity index (χ3n) is 8.84. The van der Waals surface area contributed by atoms with Gasteiger partial charge in [0.15, 0.2) is 0 Å². The number of benzene rings is 2. The number of likely N-dealkylation sites (tertiary alicyclic amines) is 2. The van der Waals surface area contributed by atoms with Gasteiger partial charge in [0.25, 0.3) is 0 Å². The Kier molecular flexibility index (Phi) is 10.2. The average Bonchev–Trinajstić information content (AvgIpc) is 2.98. The molecule has 0 spiro atoms. The van der Waals surface area contributed by atoms with E-state index in [1.807, 2.05) is 0 Å². The zero-order chi connectivity index (χ0) is 27.3. The first kappa shape index (κ1) is 29.8. The van der Waals surface area contributed by atoms with E-state index in [0.29, 0.717) is 0 Å². The molecule has 4 aromatic rings. The molecule has 2 N–H and O–H groups in total. The van der Waals surface area contributed by atoms with Crippen LogP contribution in [-0.2, 0) is 0 Å². The topological polar surface area (TPSA) is 56.3 Å². The number of pyridine rings is 2. The van der Waals surface area contributed by atoms with Crippen molar-refractivity contribution >= 4 is 56.4 Å². The molecule has 2 fully saturated rings. The van der Waals surface area contributed by atoms with Gasteiger partial charge in [-0.3, -0.25) is 9.97 Å². The number of halogens is 1. The van der Waals surface area contributed by atoms with Crippen LogP contribution in [0.15, 0.2) is 36.4 Å². The minimum Gasteiger partial charge on any atom is -0.384 e. The molecule has 0 unspecified atom stereocenters. The molecular formula is C34H47ClN6. The molecule has 4 heterocycles. The molecule has 2 saturated heterocycles. The molecule has 6 nitrogen and oxygen atoms in total. The number of fused-ring (bicyclic) bond motifs is 5. The van der Waals surface area contributed by atoms with Gasteiger partial charge in [0.05, 0.1) is 11.0 Å². The van der Waals surface area contributed by atoms with E-state index in [9.17, 15) is 0 Å². The second kappa shape index (κ2) is 14.0. The lowest BCUT2D eigenvalue weighted by atomic mass is 10.0. The van der Waals surface area contributed by atoms with Crippen LogP contribution in [0.3, 0.4) is 0 Å². The van der Waals surface area contributed by atoms with Crippen molar-refractivity contribution in [2.75, 3.05) is 63.0 Å². The van der Waals surface area contributed by atoms with Crippen molar-refractivity contribution in [3.63, 3.8) is 0 Å². The first-order valence-corrected chi connectivity index (χ1v) is 15.7. The molecular weight excluding hydrogens is 528 g/mol. The van der Waals surface area contributed by atoms with Crippen molar-refractivity contribution in [1.82, 2.24) is 19.8 Å². The lowest BCUT2D eigenvalue weighted by Gasteiger charge is -2.26. The Morgan fingerprint density at radius 3 is 1.39 bits per heavy atom. The van der Waals surface area contributed by atoms with Gasteiger partial charge in [0.1, 0.15) is 0 Å². The van der Waals surface area contributed by atoms with Crippen LogP contribution in [0.2, 0.25) is 0 Å². The number of hydrogen-bond acceptors (Lipinski definition) is 6. The largest absolute Gasteiger partial charge is 0.384 e. The van der Waals surface area contributed by atoms with E-state index in [0.717, 1.165) is 48.4 Å². The second-order valence-electron chi connectivity index (χ2n) is 12.0. The molecule has 0 atom stereocenters. The molecule has 2 aromatic heterocycles. The van der Waals surface area contributed by atoms with Gasteiger partial charge in [-0.05, 0) is 104 Å². The Bertz CT molecular complexity index is 1350. The van der Waals surface area contributed by atoms with Crippen molar-refractivity contribution in [1.29, 1.82) is 0 Å². The summed E-state index contributed by atoms with van der Waals surface area (Å²) in [7, 11) is 0. The minimum absolute atomic E-state index is 0. The summed E-state index contributed by atoms with van der Waals surface area (Å²) in [4.78, 5) is 15.3. The zero-order valence-corrected chi connectivity index (χ0v) is 25.8. The van der Waals surface area contributed by atoms with E-state index in [1.54, 1.807) is 0 Å². The number of hydrogen-bond donors (Lipinski definition) is 2. The number of nitrogens with zero attached hydrogens (tertiary/aromatic N) is 4. The second-order valence-corrected chi connectivity index (χ2v) is 12.0. The van der Waals surface area contributed by atoms with Gasteiger partial charge in [-0.1, -0.05) is 37.1 Å². The van der Waals surface area contributed by atoms with Crippen LogP contribution in [0, 0.1) is 13.8 Å². The van der Waals surface area contributed by atoms with Crippen LogP contribution in [0.5, 0.6) is 0 Å². The zero-order valence-electron chi connectivity index (χ0n) is 25.0. The predicted octanol–water partition coefficient (Wildman–Crippen LogP) is 7.55. The summed E-state index contributed by atoms with van der Waals surface area (Å²) in [6, 6.07) is 13.4. The van der Waals surface area contributed by atoms with E-state index in [4.69, 9.17) is 9.97 Å². The molecule has 0 saturated carbocycles.